The van der Waals surface area contributed by atoms with Crippen molar-refractivity contribution in [2.45, 2.75) is 38.5 Å². The number of urea groups is 1. The molecule has 4 N–H and O–H groups in total. The first-order valence-electron chi connectivity index (χ1n) is 7.08. The third kappa shape index (κ3) is 7.60. The van der Waals surface area contributed by atoms with Gasteiger partial charge < -0.3 is 21.1 Å². The summed E-state index contributed by atoms with van der Waals surface area (Å²) in [6.07, 6.45) is 7.34. The SMILES string of the molecule is O=C(O)CNC(=O)CNC(=O)NCCCC1CCCC1. The fourth-order valence-electron chi connectivity index (χ4n) is 2.35. The number of nitrogens with one attached hydrogen (secondary N) is 3. The summed E-state index contributed by atoms with van der Waals surface area (Å²) in [5.74, 6) is -0.829. The largest absolute Gasteiger partial charge is 0.480 e. The van der Waals surface area contributed by atoms with Gasteiger partial charge in [0.1, 0.15) is 6.54 Å². The Morgan fingerprint density at radius 1 is 1.00 bits per heavy atom. The van der Waals surface area contributed by atoms with E-state index in [9.17, 15) is 14.4 Å². The van der Waals surface area contributed by atoms with Crippen LogP contribution in [0.1, 0.15) is 38.5 Å². The number of hydrogen-bond donors (Lipinski definition) is 4. The van der Waals surface area contributed by atoms with Crippen molar-refractivity contribution in [3.05, 3.63) is 0 Å². The second kappa shape index (κ2) is 9.17. The van der Waals surface area contributed by atoms with Gasteiger partial charge >= 0.3 is 12.0 Å². The lowest BCUT2D eigenvalue weighted by Gasteiger charge is -2.10. The molecule has 0 aromatic carbocycles. The number of carbonyl (C=O) groups is 3. The van der Waals surface area contributed by atoms with E-state index < -0.39 is 24.5 Å². The predicted molar refractivity (Wildman–Crippen MR) is 73.2 cm³/mol. The van der Waals surface area contributed by atoms with Gasteiger partial charge in [-0.1, -0.05) is 25.7 Å². The lowest BCUT2D eigenvalue weighted by atomic mass is 10.0. The van der Waals surface area contributed by atoms with Crippen molar-refractivity contribution in [3.63, 3.8) is 0 Å². The summed E-state index contributed by atoms with van der Waals surface area (Å²) in [6.45, 7) is -0.0651. The average molecular weight is 285 g/mol. The zero-order valence-corrected chi connectivity index (χ0v) is 11.6. The Labute approximate surface area is 118 Å². The Balaban J connectivity index is 1.96. The highest BCUT2D eigenvalue weighted by Gasteiger charge is 2.14. The fourth-order valence-corrected chi connectivity index (χ4v) is 2.35. The second-order valence-electron chi connectivity index (χ2n) is 5.07. The molecule has 0 radical (unpaired) electrons. The normalized spacial score (nSPS) is 14.8. The van der Waals surface area contributed by atoms with E-state index in [2.05, 4.69) is 16.0 Å². The minimum Gasteiger partial charge on any atom is -0.480 e. The van der Waals surface area contributed by atoms with Gasteiger partial charge in [-0.15, -0.1) is 0 Å². The molecule has 0 spiro atoms. The fraction of sp³-hybridized carbons (Fsp3) is 0.769. The lowest BCUT2D eigenvalue weighted by molar-refractivity contribution is -0.137. The van der Waals surface area contributed by atoms with E-state index in [1.54, 1.807) is 0 Å². The Morgan fingerprint density at radius 3 is 2.35 bits per heavy atom. The molecule has 0 saturated heterocycles. The van der Waals surface area contributed by atoms with Crippen LogP contribution in [0.5, 0.6) is 0 Å². The molecule has 0 aromatic rings. The van der Waals surface area contributed by atoms with Crippen LogP contribution >= 0.6 is 0 Å². The Bertz CT molecular complexity index is 341. The van der Waals surface area contributed by atoms with Gasteiger partial charge in [0.2, 0.25) is 5.91 Å². The summed E-state index contributed by atoms with van der Waals surface area (Å²) in [5, 5.41) is 15.6. The molecule has 7 nitrogen and oxygen atoms in total. The molecule has 0 bridgehead atoms. The van der Waals surface area contributed by atoms with Crippen LogP contribution in [-0.2, 0) is 9.59 Å². The molecular weight excluding hydrogens is 262 g/mol. The van der Waals surface area contributed by atoms with Crippen molar-refractivity contribution in [3.8, 4) is 0 Å². The highest BCUT2D eigenvalue weighted by atomic mass is 16.4. The molecule has 0 aromatic heterocycles. The number of carboxylic acid groups (broad SMARTS) is 1. The van der Waals surface area contributed by atoms with Crippen molar-refractivity contribution in [1.82, 2.24) is 16.0 Å². The van der Waals surface area contributed by atoms with Crippen LogP contribution in [-0.4, -0.2) is 42.6 Å². The maximum atomic E-state index is 11.4. The smallest absolute Gasteiger partial charge is 0.322 e. The molecule has 1 aliphatic carbocycles. The van der Waals surface area contributed by atoms with E-state index in [4.69, 9.17) is 5.11 Å². The molecule has 1 aliphatic rings. The summed E-state index contributed by atoms with van der Waals surface area (Å²) in [4.78, 5) is 32.7. The summed E-state index contributed by atoms with van der Waals surface area (Å²) >= 11 is 0. The van der Waals surface area contributed by atoms with Gasteiger partial charge in [0.05, 0.1) is 6.54 Å². The van der Waals surface area contributed by atoms with Crippen molar-refractivity contribution < 1.29 is 19.5 Å². The van der Waals surface area contributed by atoms with E-state index in [0.29, 0.717) is 6.54 Å². The van der Waals surface area contributed by atoms with Crippen molar-refractivity contribution in [2.24, 2.45) is 5.92 Å². The molecular formula is C13H23N3O4. The van der Waals surface area contributed by atoms with E-state index in [-0.39, 0.29) is 6.54 Å². The summed E-state index contributed by atoms with van der Waals surface area (Å²) in [5.41, 5.74) is 0. The molecule has 0 aliphatic heterocycles. The van der Waals surface area contributed by atoms with Gasteiger partial charge in [0.15, 0.2) is 0 Å². The van der Waals surface area contributed by atoms with Crippen molar-refractivity contribution in [2.75, 3.05) is 19.6 Å². The first-order valence-corrected chi connectivity index (χ1v) is 7.08. The molecule has 0 heterocycles. The number of rotatable bonds is 8. The Morgan fingerprint density at radius 2 is 1.70 bits per heavy atom. The third-order valence-corrected chi connectivity index (χ3v) is 3.40. The number of carbonyl (C=O) groups excluding carboxylic acids is 2. The van der Waals surface area contributed by atoms with E-state index in [0.717, 1.165) is 18.8 Å². The first-order chi connectivity index (χ1) is 9.58. The number of hydrogen-bond acceptors (Lipinski definition) is 3. The van der Waals surface area contributed by atoms with Gasteiger partial charge in [0.25, 0.3) is 0 Å². The summed E-state index contributed by atoms with van der Waals surface area (Å²) in [7, 11) is 0. The highest BCUT2D eigenvalue weighted by molar-refractivity contribution is 5.86. The molecule has 1 rings (SSSR count). The maximum absolute atomic E-state index is 11.4. The van der Waals surface area contributed by atoms with Crippen LogP contribution < -0.4 is 16.0 Å². The molecule has 0 unspecified atom stereocenters. The summed E-state index contributed by atoms with van der Waals surface area (Å²) in [6, 6.07) is -0.401. The molecule has 114 valence electrons. The summed E-state index contributed by atoms with van der Waals surface area (Å²) < 4.78 is 0. The average Bonchev–Trinajstić information content (AvgIpc) is 2.92. The maximum Gasteiger partial charge on any atom is 0.322 e. The number of amides is 3. The van der Waals surface area contributed by atoms with Crippen LogP contribution in [0.4, 0.5) is 4.79 Å². The topological polar surface area (TPSA) is 108 Å². The van der Waals surface area contributed by atoms with E-state index >= 15 is 0 Å². The molecule has 0 atom stereocenters. The predicted octanol–water partition coefficient (Wildman–Crippen LogP) is 0.457. The zero-order valence-electron chi connectivity index (χ0n) is 11.6. The zero-order chi connectivity index (χ0) is 14.8. The quantitative estimate of drug-likeness (QED) is 0.486. The molecule has 1 fully saturated rings. The lowest BCUT2D eigenvalue weighted by Crippen LogP contribution is -2.43. The van der Waals surface area contributed by atoms with Crippen LogP contribution in [0, 0.1) is 5.92 Å². The van der Waals surface area contributed by atoms with Crippen LogP contribution in [0.2, 0.25) is 0 Å². The standard InChI is InChI=1S/C13H23N3O4/c17-11(15-9-12(18)19)8-16-13(20)14-7-3-6-10-4-1-2-5-10/h10H,1-9H2,(H,15,17)(H,18,19)(H2,14,16,20). The van der Waals surface area contributed by atoms with E-state index in [1.165, 1.54) is 25.7 Å². The van der Waals surface area contributed by atoms with E-state index in [1.807, 2.05) is 0 Å². The monoisotopic (exact) mass is 285 g/mol. The molecule has 3 amide bonds. The molecule has 20 heavy (non-hydrogen) atoms. The second-order valence-corrected chi connectivity index (χ2v) is 5.07. The van der Waals surface area contributed by atoms with Gasteiger partial charge in [0, 0.05) is 6.54 Å². The number of aliphatic carboxylic acids is 1. The van der Waals surface area contributed by atoms with Crippen LogP contribution in [0.25, 0.3) is 0 Å². The minimum absolute atomic E-state index is 0.220. The van der Waals surface area contributed by atoms with Gasteiger partial charge in [-0.2, -0.15) is 0 Å². The van der Waals surface area contributed by atoms with Gasteiger partial charge in [-0.25, -0.2) is 4.79 Å². The van der Waals surface area contributed by atoms with Crippen molar-refractivity contribution >= 4 is 17.9 Å². The molecule has 7 heteroatoms. The van der Waals surface area contributed by atoms with Crippen molar-refractivity contribution in [1.29, 1.82) is 0 Å². The highest BCUT2D eigenvalue weighted by Crippen LogP contribution is 2.28. The number of carboxylic acids is 1. The Kier molecular flexibility index (Phi) is 7.46. The van der Waals surface area contributed by atoms with Gasteiger partial charge in [-0.3, -0.25) is 9.59 Å². The minimum atomic E-state index is -1.12. The Hall–Kier alpha value is -1.79. The first kappa shape index (κ1) is 16.3. The van der Waals surface area contributed by atoms with Crippen LogP contribution in [0.15, 0.2) is 0 Å². The van der Waals surface area contributed by atoms with Crippen LogP contribution in [0.3, 0.4) is 0 Å². The van der Waals surface area contributed by atoms with Gasteiger partial charge in [-0.05, 0) is 18.8 Å². The third-order valence-electron chi connectivity index (χ3n) is 3.40. The molecule has 1 saturated carbocycles.